The van der Waals surface area contributed by atoms with Gasteiger partial charge in [0.15, 0.2) is 5.76 Å². The van der Waals surface area contributed by atoms with E-state index in [1.807, 2.05) is 24.3 Å². The Balaban J connectivity index is 1.50. The van der Waals surface area contributed by atoms with Gasteiger partial charge < -0.3 is 25.7 Å². The molecule has 0 aliphatic carbocycles. The van der Waals surface area contributed by atoms with Crippen LogP contribution in [0.4, 0.5) is 17.1 Å². The van der Waals surface area contributed by atoms with Crippen molar-refractivity contribution < 1.29 is 4.42 Å². The first-order chi connectivity index (χ1) is 13.7. The van der Waals surface area contributed by atoms with Crippen molar-refractivity contribution >= 4 is 22.8 Å². The zero-order valence-corrected chi connectivity index (χ0v) is 15.8. The van der Waals surface area contributed by atoms with Gasteiger partial charge in [0, 0.05) is 60.8 Å². The lowest BCUT2D eigenvalue weighted by Gasteiger charge is -2.30. The van der Waals surface area contributed by atoms with Crippen LogP contribution in [0.25, 0.3) is 17.0 Å². The summed E-state index contributed by atoms with van der Waals surface area (Å²) in [7, 11) is 0. The minimum Gasteiger partial charge on any atom is -0.454 e. The van der Waals surface area contributed by atoms with E-state index < -0.39 is 0 Å². The van der Waals surface area contributed by atoms with Gasteiger partial charge in [0.2, 0.25) is 0 Å². The maximum atomic E-state index is 6.18. The Morgan fingerprint density at radius 1 is 0.964 bits per heavy atom. The monoisotopic (exact) mass is 372 g/mol. The van der Waals surface area contributed by atoms with E-state index in [0.717, 1.165) is 72.3 Å². The molecular weight excluding hydrogens is 348 g/mol. The largest absolute Gasteiger partial charge is 0.454 e. The molecule has 0 bridgehead atoms. The summed E-state index contributed by atoms with van der Waals surface area (Å²) in [5.41, 5.74) is 13.2. The van der Waals surface area contributed by atoms with Gasteiger partial charge in [0.25, 0.3) is 0 Å². The second-order valence-corrected chi connectivity index (χ2v) is 7.45. The molecular formula is C23H24N4O. The highest BCUT2D eigenvalue weighted by Gasteiger charge is 2.22. The highest BCUT2D eigenvalue weighted by molar-refractivity contribution is 5.81. The van der Waals surface area contributed by atoms with Crippen molar-refractivity contribution in [1.29, 1.82) is 0 Å². The average Bonchev–Trinajstić information content (AvgIpc) is 3.09. The Kier molecular flexibility index (Phi) is 4.10. The summed E-state index contributed by atoms with van der Waals surface area (Å²) in [4.78, 5) is 2.44. The van der Waals surface area contributed by atoms with Gasteiger partial charge in [-0.2, -0.15) is 0 Å². The second kappa shape index (κ2) is 6.77. The third kappa shape index (κ3) is 3.04. The number of fused-ring (bicyclic) bond motifs is 2. The number of hydrogen-bond donors (Lipinski definition) is 3. The maximum absolute atomic E-state index is 6.18. The highest BCUT2D eigenvalue weighted by Crippen LogP contribution is 2.37. The van der Waals surface area contributed by atoms with Crippen LogP contribution in [0.5, 0.6) is 0 Å². The van der Waals surface area contributed by atoms with Crippen LogP contribution in [0.2, 0.25) is 0 Å². The standard InChI is InChI=1S/C23H24N4O/c1-15-23-18(14-22(28-23)16-2-4-19(24)5-3-16)12-17-13-20(6-7-21(17)26-15)27-10-8-25-9-11-27/h2-7,13-14,25-26H,1,8-12,24H2. The van der Waals surface area contributed by atoms with Crippen LogP contribution in [0, 0.1) is 0 Å². The van der Waals surface area contributed by atoms with E-state index in [4.69, 9.17) is 10.2 Å². The summed E-state index contributed by atoms with van der Waals surface area (Å²) >= 11 is 0. The van der Waals surface area contributed by atoms with Crippen LogP contribution in [-0.4, -0.2) is 26.2 Å². The summed E-state index contributed by atoms with van der Waals surface area (Å²) in [6.45, 7) is 8.34. The van der Waals surface area contributed by atoms with Gasteiger partial charge >= 0.3 is 0 Å². The smallest absolute Gasteiger partial charge is 0.153 e. The summed E-state index contributed by atoms with van der Waals surface area (Å²) in [5, 5.41) is 6.86. The van der Waals surface area contributed by atoms with Crippen LogP contribution < -0.4 is 21.3 Å². The Morgan fingerprint density at radius 3 is 2.54 bits per heavy atom. The second-order valence-electron chi connectivity index (χ2n) is 7.45. The first-order valence-corrected chi connectivity index (χ1v) is 9.71. The molecule has 5 rings (SSSR count). The zero-order valence-electron chi connectivity index (χ0n) is 15.8. The minimum absolute atomic E-state index is 0.748. The van der Waals surface area contributed by atoms with Crippen molar-refractivity contribution in [2.45, 2.75) is 6.42 Å². The van der Waals surface area contributed by atoms with Crippen molar-refractivity contribution in [1.82, 2.24) is 5.32 Å². The number of nitrogens with zero attached hydrogens (tertiary/aromatic N) is 1. The number of piperazine rings is 1. The van der Waals surface area contributed by atoms with Gasteiger partial charge in [-0.3, -0.25) is 0 Å². The molecule has 142 valence electrons. The third-order valence-electron chi connectivity index (χ3n) is 5.52. The Labute approximate surface area is 164 Å². The third-order valence-corrected chi connectivity index (χ3v) is 5.52. The molecule has 1 aromatic heterocycles. The lowest BCUT2D eigenvalue weighted by Crippen LogP contribution is -2.43. The van der Waals surface area contributed by atoms with Gasteiger partial charge in [0.05, 0.1) is 5.70 Å². The molecule has 0 spiro atoms. The van der Waals surface area contributed by atoms with Crippen LogP contribution in [0.15, 0.2) is 59.5 Å². The lowest BCUT2D eigenvalue weighted by atomic mass is 10.0. The van der Waals surface area contributed by atoms with Crippen molar-refractivity contribution in [3.63, 3.8) is 0 Å². The predicted octanol–water partition coefficient (Wildman–Crippen LogP) is 3.93. The summed E-state index contributed by atoms with van der Waals surface area (Å²) < 4.78 is 6.18. The van der Waals surface area contributed by atoms with E-state index >= 15 is 0 Å². The molecule has 0 amide bonds. The molecule has 5 nitrogen and oxygen atoms in total. The molecule has 5 heteroatoms. The number of nitrogens with one attached hydrogen (secondary N) is 2. The summed E-state index contributed by atoms with van der Waals surface area (Å²) in [6.07, 6.45) is 0.815. The fourth-order valence-electron chi connectivity index (χ4n) is 4.00. The normalized spacial score (nSPS) is 16.1. The number of benzene rings is 2. The molecule has 0 unspecified atom stereocenters. The molecule has 0 radical (unpaired) electrons. The number of hydrogen-bond acceptors (Lipinski definition) is 5. The molecule has 0 atom stereocenters. The van der Waals surface area contributed by atoms with E-state index in [9.17, 15) is 0 Å². The molecule has 4 N–H and O–H groups in total. The molecule has 2 aliphatic rings. The zero-order chi connectivity index (χ0) is 19.1. The summed E-state index contributed by atoms with van der Waals surface area (Å²) in [6, 6.07) is 16.5. The lowest BCUT2D eigenvalue weighted by molar-refractivity contribution is 0.565. The summed E-state index contributed by atoms with van der Waals surface area (Å²) in [5.74, 6) is 1.67. The average molecular weight is 372 g/mol. The first kappa shape index (κ1) is 17.0. The minimum atomic E-state index is 0.748. The number of anilines is 3. The molecule has 28 heavy (non-hydrogen) atoms. The van der Waals surface area contributed by atoms with Crippen molar-refractivity contribution in [2.75, 3.05) is 42.1 Å². The number of nitrogen functional groups attached to an aromatic ring is 1. The van der Waals surface area contributed by atoms with Crippen molar-refractivity contribution in [3.05, 3.63) is 72.0 Å². The molecule has 3 heterocycles. The van der Waals surface area contributed by atoms with Gasteiger partial charge in [-0.25, -0.2) is 0 Å². The van der Waals surface area contributed by atoms with Gasteiger partial charge in [0.1, 0.15) is 5.76 Å². The fourth-order valence-corrected chi connectivity index (χ4v) is 4.00. The SMILES string of the molecule is C=C1Nc2ccc(N3CCNCC3)cc2Cc2cc(-c3ccc(N)cc3)oc21. The maximum Gasteiger partial charge on any atom is 0.153 e. The molecule has 2 aliphatic heterocycles. The topological polar surface area (TPSA) is 66.5 Å². The Hall–Kier alpha value is -3.18. The number of rotatable bonds is 2. The molecule has 3 aromatic rings. The number of furan rings is 1. The fraction of sp³-hybridized carbons (Fsp3) is 0.217. The van der Waals surface area contributed by atoms with E-state index in [-0.39, 0.29) is 0 Å². The molecule has 2 aromatic carbocycles. The Morgan fingerprint density at radius 2 is 1.75 bits per heavy atom. The van der Waals surface area contributed by atoms with Crippen LogP contribution in [-0.2, 0) is 6.42 Å². The van der Waals surface area contributed by atoms with Crippen LogP contribution in [0.1, 0.15) is 16.9 Å². The Bertz CT molecular complexity index is 1030. The highest BCUT2D eigenvalue weighted by atomic mass is 16.3. The molecule has 1 fully saturated rings. The van der Waals surface area contributed by atoms with Gasteiger partial charge in [-0.05, 0) is 54.1 Å². The van der Waals surface area contributed by atoms with E-state index in [1.54, 1.807) is 0 Å². The van der Waals surface area contributed by atoms with Crippen molar-refractivity contribution in [2.24, 2.45) is 0 Å². The van der Waals surface area contributed by atoms with Gasteiger partial charge in [-0.1, -0.05) is 6.58 Å². The molecule has 0 saturated carbocycles. The van der Waals surface area contributed by atoms with Crippen LogP contribution >= 0.6 is 0 Å². The van der Waals surface area contributed by atoms with Crippen LogP contribution in [0.3, 0.4) is 0 Å². The molecule has 1 saturated heterocycles. The quantitative estimate of drug-likeness (QED) is 0.595. The van der Waals surface area contributed by atoms with E-state index in [0.29, 0.717) is 0 Å². The van der Waals surface area contributed by atoms with E-state index in [1.165, 1.54) is 11.3 Å². The van der Waals surface area contributed by atoms with E-state index in [2.05, 4.69) is 46.4 Å². The van der Waals surface area contributed by atoms with Crippen molar-refractivity contribution in [3.8, 4) is 11.3 Å². The number of nitrogens with two attached hydrogens (primary N) is 1. The predicted molar refractivity (Wildman–Crippen MR) is 116 cm³/mol. The van der Waals surface area contributed by atoms with Gasteiger partial charge in [-0.15, -0.1) is 0 Å². The first-order valence-electron chi connectivity index (χ1n) is 9.71.